The van der Waals surface area contributed by atoms with Crippen molar-refractivity contribution in [2.75, 3.05) is 18.6 Å². The van der Waals surface area contributed by atoms with Gasteiger partial charge in [0.2, 0.25) is 5.91 Å². The van der Waals surface area contributed by atoms with E-state index in [0.29, 0.717) is 19.5 Å². The molecule has 208 valence electrons. The van der Waals surface area contributed by atoms with Crippen molar-refractivity contribution in [2.24, 2.45) is 17.8 Å². The number of anilines is 1. The monoisotopic (exact) mass is 542 g/mol. The maximum atomic E-state index is 14.2. The van der Waals surface area contributed by atoms with Crippen LogP contribution >= 0.6 is 0 Å². The first-order valence-corrected chi connectivity index (χ1v) is 13.9. The molecule has 9 heteroatoms. The summed E-state index contributed by atoms with van der Waals surface area (Å²) < 4.78 is 7.19. The molecule has 9 nitrogen and oxygen atoms in total. The van der Waals surface area contributed by atoms with Crippen LogP contribution in [0.15, 0.2) is 65.5 Å². The van der Waals surface area contributed by atoms with Crippen molar-refractivity contribution in [3.63, 3.8) is 0 Å². The Morgan fingerprint density at radius 3 is 2.58 bits per heavy atom. The molecule has 6 rings (SSSR count). The molecular formula is C31H34N4O5. The Bertz CT molecular complexity index is 1510. The number of pyridine rings is 1. The lowest BCUT2D eigenvalue weighted by atomic mass is 9.70. The fourth-order valence-electron chi connectivity index (χ4n) is 7.16. The van der Waals surface area contributed by atoms with E-state index in [1.807, 2.05) is 47.0 Å². The van der Waals surface area contributed by atoms with Crippen LogP contribution in [0.5, 0.6) is 5.75 Å². The number of rotatable bonds is 6. The normalized spacial score (nSPS) is 23.4. The van der Waals surface area contributed by atoms with Crippen LogP contribution in [0.4, 0.5) is 11.4 Å². The van der Waals surface area contributed by atoms with E-state index in [-0.39, 0.29) is 51.9 Å². The van der Waals surface area contributed by atoms with Gasteiger partial charge in [-0.1, -0.05) is 32.0 Å². The van der Waals surface area contributed by atoms with Crippen molar-refractivity contribution in [1.29, 1.82) is 0 Å². The first-order chi connectivity index (χ1) is 19.2. The second-order valence-electron chi connectivity index (χ2n) is 11.6. The van der Waals surface area contributed by atoms with Crippen LogP contribution in [0.25, 0.3) is 0 Å². The highest BCUT2D eigenvalue weighted by molar-refractivity contribution is 5.83. The van der Waals surface area contributed by atoms with Crippen LogP contribution in [-0.4, -0.2) is 35.1 Å². The molecule has 2 aromatic carbocycles. The number of benzene rings is 2. The molecule has 0 saturated carbocycles. The van der Waals surface area contributed by atoms with Crippen LogP contribution in [0, 0.1) is 27.9 Å². The van der Waals surface area contributed by atoms with Crippen LogP contribution in [-0.2, 0) is 17.8 Å². The third kappa shape index (κ3) is 4.43. The molecule has 4 heterocycles. The highest BCUT2D eigenvalue weighted by atomic mass is 16.6. The molecule has 3 aliphatic rings. The molecule has 3 aliphatic heterocycles. The SMILES string of the molecule is COc1ccc(C(NC(=O)[C@@H]2Cc3cc([N+](=O)[O-])ccc3N3CC4CC(Cn5c4cccc5=O)[C@@H]23)C(C)C)cc1. The Balaban J connectivity index is 1.38. The second-order valence-corrected chi connectivity index (χ2v) is 11.6. The average Bonchev–Trinajstić information content (AvgIpc) is 2.95. The van der Waals surface area contributed by atoms with Gasteiger partial charge in [-0.2, -0.15) is 0 Å². The number of non-ortho nitro benzene ring substituents is 1. The first-order valence-electron chi connectivity index (χ1n) is 13.9. The number of methoxy groups -OCH3 is 1. The third-order valence-corrected chi connectivity index (χ3v) is 8.98. The first kappa shape index (κ1) is 26.1. The molecule has 1 fully saturated rings. The van der Waals surface area contributed by atoms with E-state index >= 15 is 0 Å². The zero-order chi connectivity index (χ0) is 28.1. The summed E-state index contributed by atoms with van der Waals surface area (Å²) >= 11 is 0. The van der Waals surface area contributed by atoms with Gasteiger partial charge in [-0.15, -0.1) is 0 Å². The van der Waals surface area contributed by atoms with E-state index in [4.69, 9.17) is 4.74 Å². The van der Waals surface area contributed by atoms with Crippen LogP contribution in [0.1, 0.15) is 49.0 Å². The molecule has 1 N–H and O–H groups in total. The number of nitro benzene ring substituents is 1. The highest BCUT2D eigenvalue weighted by Gasteiger charge is 2.49. The van der Waals surface area contributed by atoms with Gasteiger partial charge in [-0.05, 0) is 60.1 Å². The minimum absolute atomic E-state index is 0.00661. The number of hydrogen-bond acceptors (Lipinski definition) is 6. The van der Waals surface area contributed by atoms with Gasteiger partial charge in [0.05, 0.1) is 24.0 Å². The lowest BCUT2D eigenvalue weighted by molar-refractivity contribution is -0.384. The van der Waals surface area contributed by atoms with E-state index in [9.17, 15) is 19.7 Å². The Kier molecular flexibility index (Phi) is 6.60. The molecule has 40 heavy (non-hydrogen) atoms. The van der Waals surface area contributed by atoms with Gasteiger partial charge in [0, 0.05) is 54.6 Å². The predicted molar refractivity (Wildman–Crippen MR) is 152 cm³/mol. The summed E-state index contributed by atoms with van der Waals surface area (Å²) in [5.74, 6) is 0.664. The maximum absolute atomic E-state index is 14.2. The quantitative estimate of drug-likeness (QED) is 0.365. The number of nitrogens with zero attached hydrogens (tertiary/aromatic N) is 3. The number of ether oxygens (including phenoxy) is 1. The topological polar surface area (TPSA) is 107 Å². The number of fused-ring (bicyclic) bond motifs is 8. The fraction of sp³-hybridized carbons (Fsp3) is 0.419. The number of aromatic nitrogens is 1. The Hall–Kier alpha value is -4.14. The largest absolute Gasteiger partial charge is 0.497 e. The van der Waals surface area contributed by atoms with Crippen molar-refractivity contribution in [1.82, 2.24) is 9.88 Å². The molecule has 0 spiro atoms. The Morgan fingerprint density at radius 1 is 1.10 bits per heavy atom. The number of carbonyl (C=O) groups excluding carboxylic acids is 1. The van der Waals surface area contributed by atoms with Crippen LogP contribution in [0.3, 0.4) is 0 Å². The summed E-state index contributed by atoms with van der Waals surface area (Å²) in [4.78, 5) is 40.5. The molecule has 3 unspecified atom stereocenters. The molecule has 0 radical (unpaired) electrons. The Morgan fingerprint density at radius 2 is 1.88 bits per heavy atom. The maximum Gasteiger partial charge on any atom is 0.269 e. The van der Waals surface area contributed by atoms with Crippen LogP contribution in [0.2, 0.25) is 0 Å². The van der Waals surface area contributed by atoms with E-state index in [1.54, 1.807) is 25.3 Å². The van der Waals surface area contributed by atoms with Gasteiger partial charge in [0.1, 0.15) is 5.75 Å². The lowest BCUT2D eigenvalue weighted by Crippen LogP contribution is -2.61. The van der Waals surface area contributed by atoms with Crippen molar-refractivity contribution >= 4 is 17.3 Å². The summed E-state index contributed by atoms with van der Waals surface area (Å²) in [6.45, 7) is 5.38. The molecule has 5 atom stereocenters. The summed E-state index contributed by atoms with van der Waals surface area (Å²) in [6.07, 6.45) is 1.32. The van der Waals surface area contributed by atoms with Crippen LogP contribution < -0.4 is 20.5 Å². The zero-order valence-corrected chi connectivity index (χ0v) is 22.9. The molecule has 2 bridgehead atoms. The van der Waals surface area contributed by atoms with E-state index in [0.717, 1.165) is 34.7 Å². The van der Waals surface area contributed by atoms with Crippen molar-refractivity contribution in [3.05, 3.63) is 98.0 Å². The minimum atomic E-state index is -0.416. The van der Waals surface area contributed by atoms with Gasteiger partial charge in [0.15, 0.2) is 0 Å². The Labute approximate surface area is 232 Å². The molecule has 0 aliphatic carbocycles. The summed E-state index contributed by atoms with van der Waals surface area (Å²) in [5.41, 5.74) is 3.82. The van der Waals surface area contributed by atoms with E-state index in [1.165, 1.54) is 0 Å². The van der Waals surface area contributed by atoms with Crippen molar-refractivity contribution < 1.29 is 14.5 Å². The number of nitrogens with one attached hydrogen (secondary N) is 1. The second kappa shape index (κ2) is 10.1. The van der Waals surface area contributed by atoms with E-state index in [2.05, 4.69) is 24.1 Å². The highest BCUT2D eigenvalue weighted by Crippen LogP contribution is 2.48. The van der Waals surface area contributed by atoms with Gasteiger partial charge in [0.25, 0.3) is 11.2 Å². The van der Waals surface area contributed by atoms with Gasteiger partial charge < -0.3 is 19.5 Å². The standard InChI is InChI=1S/C31H34N4O5/c1-18(2)29(19-7-10-24(40-3)11-8-19)32-31(37)25-15-20-14-23(35(38)39)9-12-27(20)34-16-21-13-22(30(25)34)17-33-26(21)5-4-6-28(33)36/h4-12,14,18,21-22,25,29-30H,13,15-17H2,1-3H3,(H,32,37)/t21?,22?,25-,29?,30+/m1/s1. The molecule has 1 amide bonds. The smallest absolute Gasteiger partial charge is 0.269 e. The van der Waals surface area contributed by atoms with Crippen molar-refractivity contribution in [2.45, 2.75) is 51.2 Å². The summed E-state index contributed by atoms with van der Waals surface area (Å²) in [6, 6.07) is 17.9. The number of nitro groups is 1. The minimum Gasteiger partial charge on any atom is -0.497 e. The number of piperidine rings is 1. The molecule has 1 aromatic heterocycles. The number of amides is 1. The van der Waals surface area contributed by atoms with E-state index < -0.39 is 5.92 Å². The fourth-order valence-corrected chi connectivity index (χ4v) is 7.16. The van der Waals surface area contributed by atoms with Gasteiger partial charge in [-0.25, -0.2) is 0 Å². The number of hydrogen-bond donors (Lipinski definition) is 1. The summed E-state index contributed by atoms with van der Waals surface area (Å²) in [5, 5.41) is 14.9. The summed E-state index contributed by atoms with van der Waals surface area (Å²) in [7, 11) is 1.63. The molecule has 1 saturated heterocycles. The predicted octanol–water partition coefficient (Wildman–Crippen LogP) is 4.44. The molecule has 3 aromatic rings. The molecular weight excluding hydrogens is 508 g/mol. The lowest BCUT2D eigenvalue weighted by Gasteiger charge is -2.54. The van der Waals surface area contributed by atoms with Gasteiger partial charge >= 0.3 is 0 Å². The zero-order valence-electron chi connectivity index (χ0n) is 22.9. The van der Waals surface area contributed by atoms with Crippen molar-refractivity contribution in [3.8, 4) is 5.75 Å². The number of carbonyl (C=O) groups is 1. The average molecular weight is 543 g/mol. The van der Waals surface area contributed by atoms with Gasteiger partial charge in [-0.3, -0.25) is 19.7 Å². The third-order valence-electron chi connectivity index (χ3n) is 8.98.